The summed E-state index contributed by atoms with van der Waals surface area (Å²) in [5.41, 5.74) is 1.33. The Hall–Kier alpha value is -2.64. The molecule has 1 aromatic heterocycles. The van der Waals surface area contributed by atoms with E-state index in [4.69, 9.17) is 11.6 Å². The first-order chi connectivity index (χ1) is 14.6. The Morgan fingerprint density at radius 1 is 1.19 bits per heavy atom. The molecule has 31 heavy (non-hydrogen) atoms. The second-order valence-corrected chi connectivity index (χ2v) is 8.95. The SMILES string of the molecule is CCN(c1cccc(S(=O)[O-])c1)c1nc(Cl)nc(Nc2ccc(S(=O)(=O)O)c(C)c2)n1. The van der Waals surface area contributed by atoms with Gasteiger partial charge in [-0.25, -0.2) is 0 Å². The highest BCUT2D eigenvalue weighted by atomic mass is 35.5. The quantitative estimate of drug-likeness (QED) is 0.379. The van der Waals surface area contributed by atoms with Gasteiger partial charge in [0.25, 0.3) is 10.1 Å². The number of nitrogens with one attached hydrogen (secondary N) is 1. The van der Waals surface area contributed by atoms with Gasteiger partial charge in [-0.2, -0.15) is 23.4 Å². The number of aryl methyl sites for hydroxylation is 1. The average molecular weight is 483 g/mol. The lowest BCUT2D eigenvalue weighted by atomic mass is 10.2. The van der Waals surface area contributed by atoms with E-state index >= 15 is 0 Å². The van der Waals surface area contributed by atoms with Gasteiger partial charge in [-0.05, 0) is 78.5 Å². The summed E-state index contributed by atoms with van der Waals surface area (Å²) >= 11 is 3.67. The molecule has 0 aliphatic carbocycles. The fourth-order valence-electron chi connectivity index (χ4n) is 2.86. The van der Waals surface area contributed by atoms with Gasteiger partial charge in [0.05, 0.1) is 4.90 Å². The molecule has 1 atom stereocenters. The van der Waals surface area contributed by atoms with Crippen LogP contribution in [0.2, 0.25) is 5.28 Å². The van der Waals surface area contributed by atoms with E-state index < -0.39 is 21.2 Å². The van der Waals surface area contributed by atoms with Crippen molar-refractivity contribution in [3.8, 4) is 0 Å². The molecule has 0 bridgehead atoms. The van der Waals surface area contributed by atoms with Gasteiger partial charge in [-0.15, -0.1) is 0 Å². The van der Waals surface area contributed by atoms with Crippen LogP contribution in [-0.2, 0) is 21.2 Å². The van der Waals surface area contributed by atoms with Gasteiger partial charge in [-0.1, -0.05) is 6.07 Å². The molecule has 0 radical (unpaired) electrons. The van der Waals surface area contributed by atoms with Crippen molar-refractivity contribution >= 4 is 56.1 Å². The smallest absolute Gasteiger partial charge is 0.294 e. The zero-order valence-electron chi connectivity index (χ0n) is 16.3. The maximum absolute atomic E-state index is 11.4. The van der Waals surface area contributed by atoms with Crippen molar-refractivity contribution in [2.45, 2.75) is 23.6 Å². The monoisotopic (exact) mass is 482 g/mol. The number of anilines is 4. The Kier molecular flexibility index (Phi) is 6.86. The van der Waals surface area contributed by atoms with E-state index in [-0.39, 0.29) is 27.0 Å². The molecule has 0 saturated carbocycles. The molecule has 0 aliphatic heterocycles. The summed E-state index contributed by atoms with van der Waals surface area (Å²) in [7, 11) is -4.33. The second-order valence-electron chi connectivity index (χ2n) is 6.28. The number of rotatable bonds is 7. The fraction of sp³-hybridized carbons (Fsp3) is 0.167. The number of nitrogens with zero attached hydrogens (tertiary/aromatic N) is 4. The third kappa shape index (κ3) is 5.54. The van der Waals surface area contributed by atoms with E-state index in [0.717, 1.165) is 0 Å². The maximum Gasteiger partial charge on any atom is 0.294 e. The summed E-state index contributed by atoms with van der Waals surface area (Å²) in [6.07, 6.45) is 0. The van der Waals surface area contributed by atoms with Crippen LogP contribution in [0, 0.1) is 6.92 Å². The van der Waals surface area contributed by atoms with Crippen LogP contribution in [0.15, 0.2) is 52.3 Å². The molecule has 3 aromatic rings. The number of aromatic nitrogens is 3. The van der Waals surface area contributed by atoms with Crippen LogP contribution in [0.5, 0.6) is 0 Å². The van der Waals surface area contributed by atoms with Crippen molar-refractivity contribution in [3.63, 3.8) is 0 Å². The van der Waals surface area contributed by atoms with Gasteiger partial charge in [0.2, 0.25) is 17.2 Å². The highest BCUT2D eigenvalue weighted by Crippen LogP contribution is 2.27. The average Bonchev–Trinajstić information content (AvgIpc) is 2.67. The van der Waals surface area contributed by atoms with E-state index in [1.54, 1.807) is 17.0 Å². The number of halogens is 1. The van der Waals surface area contributed by atoms with E-state index in [0.29, 0.717) is 23.5 Å². The first kappa shape index (κ1) is 23.0. The van der Waals surface area contributed by atoms with Gasteiger partial charge in [0.1, 0.15) is 0 Å². The molecule has 13 heteroatoms. The molecule has 0 fully saturated rings. The van der Waals surface area contributed by atoms with Crippen LogP contribution < -0.4 is 10.2 Å². The molecule has 10 nitrogen and oxygen atoms in total. The standard InChI is InChI=1S/C18H18ClN5O5S2/c1-3-24(13-5-4-6-14(10-13)30(25)26)18-22-16(19)21-17(23-18)20-12-7-8-15(11(2)9-12)31(27,28)29/h4-10H,3H2,1-2H3,(H,25,26)(H,27,28,29)(H,20,21,22,23)/p-1. The van der Waals surface area contributed by atoms with Crippen LogP contribution in [0.25, 0.3) is 0 Å². The minimum absolute atomic E-state index is 0.0935. The second kappa shape index (κ2) is 9.24. The van der Waals surface area contributed by atoms with Crippen molar-refractivity contribution in [2.24, 2.45) is 0 Å². The van der Waals surface area contributed by atoms with E-state index in [1.807, 2.05) is 6.92 Å². The van der Waals surface area contributed by atoms with E-state index in [9.17, 15) is 21.7 Å². The molecule has 0 amide bonds. The molecule has 164 valence electrons. The molecular weight excluding hydrogens is 466 g/mol. The molecule has 2 aromatic carbocycles. The fourth-order valence-corrected chi connectivity index (χ4v) is 4.12. The molecule has 0 saturated heterocycles. The first-order valence-electron chi connectivity index (χ1n) is 8.82. The van der Waals surface area contributed by atoms with Crippen molar-refractivity contribution in [2.75, 3.05) is 16.8 Å². The van der Waals surface area contributed by atoms with Crippen LogP contribution >= 0.6 is 11.6 Å². The summed E-state index contributed by atoms with van der Waals surface area (Å²) < 4.78 is 54.5. The predicted molar refractivity (Wildman–Crippen MR) is 115 cm³/mol. The first-order valence-corrected chi connectivity index (χ1v) is 11.7. The Bertz CT molecular complexity index is 1260. The summed E-state index contributed by atoms with van der Waals surface area (Å²) in [5.74, 6) is 0.279. The van der Waals surface area contributed by atoms with Crippen molar-refractivity contribution < 1.29 is 21.7 Å². The Labute approximate surface area is 186 Å². The predicted octanol–water partition coefficient (Wildman–Crippen LogP) is 3.22. The lowest BCUT2D eigenvalue weighted by Gasteiger charge is -2.22. The summed E-state index contributed by atoms with van der Waals surface area (Å²) in [5, 5.41) is 2.82. The van der Waals surface area contributed by atoms with Crippen molar-refractivity contribution in [1.82, 2.24) is 15.0 Å². The van der Waals surface area contributed by atoms with Gasteiger partial charge >= 0.3 is 0 Å². The van der Waals surface area contributed by atoms with Crippen LogP contribution in [-0.4, -0.2) is 43.2 Å². The largest absolute Gasteiger partial charge is 0.768 e. The van der Waals surface area contributed by atoms with E-state index in [1.165, 1.54) is 37.3 Å². The van der Waals surface area contributed by atoms with E-state index in [2.05, 4.69) is 20.3 Å². The summed E-state index contributed by atoms with van der Waals surface area (Å²) in [4.78, 5) is 14.0. The molecular formula is C18H17ClN5O5S2-. The third-order valence-electron chi connectivity index (χ3n) is 4.18. The molecule has 3 rings (SSSR count). The van der Waals surface area contributed by atoms with Gasteiger partial charge < -0.3 is 14.8 Å². The Balaban J connectivity index is 1.95. The number of benzene rings is 2. The Morgan fingerprint density at radius 3 is 2.55 bits per heavy atom. The molecule has 1 heterocycles. The minimum atomic E-state index is -4.33. The lowest BCUT2D eigenvalue weighted by Crippen LogP contribution is -2.20. The molecule has 2 N–H and O–H groups in total. The van der Waals surface area contributed by atoms with Crippen molar-refractivity contribution in [3.05, 3.63) is 53.3 Å². The molecule has 0 aliphatic rings. The lowest BCUT2D eigenvalue weighted by molar-refractivity contribution is 0.482. The van der Waals surface area contributed by atoms with Crippen molar-refractivity contribution in [1.29, 1.82) is 0 Å². The van der Waals surface area contributed by atoms with Crippen LogP contribution in [0.1, 0.15) is 12.5 Å². The van der Waals surface area contributed by atoms with Crippen LogP contribution in [0.3, 0.4) is 0 Å². The highest BCUT2D eigenvalue weighted by molar-refractivity contribution is 7.85. The molecule has 0 spiro atoms. The minimum Gasteiger partial charge on any atom is -0.768 e. The van der Waals surface area contributed by atoms with Crippen LogP contribution in [0.4, 0.5) is 23.3 Å². The highest BCUT2D eigenvalue weighted by Gasteiger charge is 2.16. The summed E-state index contributed by atoms with van der Waals surface area (Å²) in [6.45, 7) is 3.78. The van der Waals surface area contributed by atoms with Gasteiger partial charge in [0, 0.05) is 22.8 Å². The topological polar surface area (TPSA) is 148 Å². The summed E-state index contributed by atoms with van der Waals surface area (Å²) in [6, 6.07) is 10.5. The number of hydrogen-bond donors (Lipinski definition) is 2. The molecule has 1 unspecified atom stereocenters. The van der Waals surface area contributed by atoms with Gasteiger partial charge in [-0.3, -0.25) is 8.76 Å². The third-order valence-corrected chi connectivity index (χ3v) is 6.01. The van der Waals surface area contributed by atoms with Gasteiger partial charge in [0.15, 0.2) is 0 Å². The Morgan fingerprint density at radius 2 is 1.94 bits per heavy atom. The maximum atomic E-state index is 11.4. The normalized spacial score (nSPS) is 12.4. The zero-order chi connectivity index (χ0) is 22.8. The number of hydrogen-bond acceptors (Lipinski definition) is 9. The zero-order valence-corrected chi connectivity index (χ0v) is 18.7.